The van der Waals surface area contributed by atoms with Crippen LogP contribution in [0.2, 0.25) is 0 Å². The third kappa shape index (κ3) is 3.73. The molecule has 24 heavy (non-hydrogen) atoms. The quantitative estimate of drug-likeness (QED) is 0.837. The molecule has 1 aromatic heterocycles. The van der Waals surface area contributed by atoms with Gasteiger partial charge in [0.1, 0.15) is 5.69 Å². The largest absolute Gasteiger partial charge is 0.375 e. The first-order valence-corrected chi connectivity index (χ1v) is 8.66. The maximum absolute atomic E-state index is 12.9. The second-order valence-corrected chi connectivity index (χ2v) is 7.23. The van der Waals surface area contributed by atoms with Crippen molar-refractivity contribution in [3.05, 3.63) is 35.5 Å². The maximum Gasteiger partial charge on any atom is 0.274 e. The highest BCUT2D eigenvalue weighted by molar-refractivity contribution is 7.19. The Morgan fingerprint density at radius 3 is 2.75 bits per heavy atom. The van der Waals surface area contributed by atoms with Crippen LogP contribution >= 0.6 is 11.3 Å². The fraction of sp³-hybridized carbons (Fsp3) is 0.353. The summed E-state index contributed by atoms with van der Waals surface area (Å²) in [5.74, 6) is -0.360. The highest BCUT2D eigenvalue weighted by Gasteiger charge is 2.30. The molecule has 126 valence electrons. The van der Waals surface area contributed by atoms with Crippen LogP contribution in [0, 0.1) is 12.8 Å². The van der Waals surface area contributed by atoms with Crippen LogP contribution in [0.15, 0.2) is 24.3 Å². The average molecular weight is 344 g/mol. The topological polar surface area (TPSA) is 102 Å². The molecule has 0 aliphatic heterocycles. The molecule has 1 fully saturated rings. The van der Waals surface area contributed by atoms with E-state index in [4.69, 9.17) is 11.5 Å². The fourth-order valence-corrected chi connectivity index (χ4v) is 3.45. The van der Waals surface area contributed by atoms with E-state index in [1.165, 1.54) is 16.2 Å². The minimum absolute atomic E-state index is 0.0972. The SMILES string of the molecule is Cc1cccc(-c2sc(N)nc2C(=O)N(CC(N)=O)CC2CC2)c1. The Morgan fingerprint density at radius 1 is 1.38 bits per heavy atom. The third-order valence-corrected chi connectivity index (χ3v) is 4.87. The van der Waals surface area contributed by atoms with Gasteiger partial charge in [-0.15, -0.1) is 0 Å². The van der Waals surface area contributed by atoms with E-state index >= 15 is 0 Å². The summed E-state index contributed by atoms with van der Waals surface area (Å²) < 4.78 is 0. The summed E-state index contributed by atoms with van der Waals surface area (Å²) in [6.07, 6.45) is 2.15. The molecular formula is C17H20N4O2S. The van der Waals surface area contributed by atoms with E-state index in [1.807, 2.05) is 31.2 Å². The molecule has 7 heteroatoms. The van der Waals surface area contributed by atoms with Crippen molar-refractivity contribution in [1.29, 1.82) is 0 Å². The first-order valence-electron chi connectivity index (χ1n) is 7.85. The average Bonchev–Trinajstić information content (AvgIpc) is 3.25. The minimum Gasteiger partial charge on any atom is -0.375 e. The van der Waals surface area contributed by atoms with Gasteiger partial charge >= 0.3 is 0 Å². The Balaban J connectivity index is 1.94. The molecule has 1 aliphatic carbocycles. The molecule has 0 unspecified atom stereocenters. The molecule has 6 nitrogen and oxygen atoms in total. The number of aryl methyl sites for hydroxylation is 1. The number of hydrogen-bond donors (Lipinski definition) is 2. The van der Waals surface area contributed by atoms with Crippen molar-refractivity contribution in [3.63, 3.8) is 0 Å². The number of nitrogens with two attached hydrogens (primary N) is 2. The van der Waals surface area contributed by atoms with E-state index in [1.54, 1.807) is 0 Å². The van der Waals surface area contributed by atoms with Gasteiger partial charge in [-0.1, -0.05) is 41.2 Å². The summed E-state index contributed by atoms with van der Waals surface area (Å²) in [7, 11) is 0. The third-order valence-electron chi connectivity index (χ3n) is 3.94. The molecule has 1 saturated carbocycles. The molecule has 1 heterocycles. The van der Waals surface area contributed by atoms with Gasteiger partial charge in [0.2, 0.25) is 5.91 Å². The Kier molecular flexibility index (Phi) is 4.53. The Labute approximate surface area is 144 Å². The van der Waals surface area contributed by atoms with E-state index in [-0.39, 0.29) is 12.5 Å². The standard InChI is InChI=1S/C17H20N4O2S/c1-10-3-2-4-12(7-10)15-14(20-17(19)24-15)16(23)21(9-13(18)22)8-11-5-6-11/h2-4,7,11H,5-6,8-9H2,1H3,(H2,18,22)(H2,19,20). The second-order valence-electron chi connectivity index (χ2n) is 6.19. The van der Waals surface area contributed by atoms with Gasteiger partial charge in [-0.05, 0) is 31.2 Å². The van der Waals surface area contributed by atoms with Gasteiger partial charge in [0.25, 0.3) is 5.91 Å². The molecule has 2 amide bonds. The summed E-state index contributed by atoms with van der Waals surface area (Å²) in [4.78, 5) is 30.7. The summed E-state index contributed by atoms with van der Waals surface area (Å²) in [6, 6.07) is 7.83. The summed E-state index contributed by atoms with van der Waals surface area (Å²) in [5.41, 5.74) is 13.4. The number of carbonyl (C=O) groups excluding carboxylic acids is 2. The van der Waals surface area contributed by atoms with E-state index < -0.39 is 5.91 Å². The van der Waals surface area contributed by atoms with Crippen LogP contribution in [0.5, 0.6) is 0 Å². The van der Waals surface area contributed by atoms with Gasteiger partial charge in [0, 0.05) is 6.54 Å². The summed E-state index contributed by atoms with van der Waals surface area (Å²) in [6.45, 7) is 2.42. The lowest BCUT2D eigenvalue weighted by atomic mass is 10.1. The second kappa shape index (κ2) is 6.60. The molecule has 1 aromatic carbocycles. The molecule has 0 radical (unpaired) electrons. The van der Waals surface area contributed by atoms with Crippen molar-refractivity contribution in [3.8, 4) is 10.4 Å². The Hall–Kier alpha value is -2.41. The molecule has 1 aliphatic rings. The predicted molar refractivity (Wildman–Crippen MR) is 94.5 cm³/mol. The first-order chi connectivity index (χ1) is 11.4. The van der Waals surface area contributed by atoms with Gasteiger partial charge in [0.05, 0.1) is 11.4 Å². The van der Waals surface area contributed by atoms with Gasteiger partial charge in [-0.3, -0.25) is 9.59 Å². The van der Waals surface area contributed by atoms with Gasteiger partial charge < -0.3 is 16.4 Å². The Morgan fingerprint density at radius 2 is 2.12 bits per heavy atom. The lowest BCUT2D eigenvalue weighted by Crippen LogP contribution is -2.40. The molecule has 0 spiro atoms. The van der Waals surface area contributed by atoms with E-state index in [0.717, 1.165) is 28.8 Å². The number of benzene rings is 1. The number of aromatic nitrogens is 1. The van der Waals surface area contributed by atoms with Gasteiger partial charge in [-0.25, -0.2) is 4.98 Å². The normalized spacial score (nSPS) is 13.7. The van der Waals surface area contributed by atoms with Crippen LogP contribution in [-0.4, -0.2) is 34.8 Å². The molecule has 0 atom stereocenters. The van der Waals surface area contributed by atoms with Crippen LogP contribution in [-0.2, 0) is 4.79 Å². The number of nitrogen functional groups attached to an aromatic ring is 1. The number of carbonyl (C=O) groups is 2. The van der Waals surface area contributed by atoms with E-state index in [9.17, 15) is 9.59 Å². The molecule has 0 saturated heterocycles. The van der Waals surface area contributed by atoms with Crippen molar-refractivity contribution >= 4 is 28.3 Å². The zero-order valence-corrected chi connectivity index (χ0v) is 14.3. The zero-order valence-electron chi connectivity index (χ0n) is 13.5. The number of anilines is 1. The molecule has 2 aromatic rings. The van der Waals surface area contributed by atoms with Crippen molar-refractivity contribution in [2.75, 3.05) is 18.8 Å². The van der Waals surface area contributed by atoms with Crippen LogP contribution in [0.3, 0.4) is 0 Å². The highest BCUT2D eigenvalue weighted by Crippen LogP contribution is 2.34. The van der Waals surface area contributed by atoms with Gasteiger partial charge in [-0.2, -0.15) is 0 Å². The van der Waals surface area contributed by atoms with Crippen molar-refractivity contribution in [2.24, 2.45) is 11.7 Å². The summed E-state index contributed by atoms with van der Waals surface area (Å²) in [5, 5.41) is 0.334. The Bertz CT molecular complexity index is 783. The number of rotatable bonds is 6. The lowest BCUT2D eigenvalue weighted by molar-refractivity contribution is -0.118. The molecule has 0 bridgehead atoms. The van der Waals surface area contributed by atoms with Crippen molar-refractivity contribution in [2.45, 2.75) is 19.8 Å². The molecular weight excluding hydrogens is 324 g/mol. The smallest absolute Gasteiger partial charge is 0.274 e. The number of amides is 2. The number of hydrogen-bond acceptors (Lipinski definition) is 5. The first kappa shape index (κ1) is 16.4. The van der Waals surface area contributed by atoms with Crippen molar-refractivity contribution in [1.82, 2.24) is 9.88 Å². The molecule has 3 rings (SSSR count). The zero-order chi connectivity index (χ0) is 17.3. The van der Waals surface area contributed by atoms with Crippen molar-refractivity contribution < 1.29 is 9.59 Å². The number of primary amides is 1. The monoisotopic (exact) mass is 344 g/mol. The van der Waals surface area contributed by atoms with E-state index in [2.05, 4.69) is 4.98 Å². The highest BCUT2D eigenvalue weighted by atomic mass is 32.1. The fourth-order valence-electron chi connectivity index (χ4n) is 2.63. The van der Waals surface area contributed by atoms with Crippen LogP contribution < -0.4 is 11.5 Å². The lowest BCUT2D eigenvalue weighted by Gasteiger charge is -2.20. The number of nitrogens with zero attached hydrogens (tertiary/aromatic N) is 2. The minimum atomic E-state index is -0.524. The predicted octanol–water partition coefficient (Wildman–Crippen LogP) is 2.04. The summed E-state index contributed by atoms with van der Waals surface area (Å²) >= 11 is 1.28. The van der Waals surface area contributed by atoms with Gasteiger partial charge in [0.15, 0.2) is 5.13 Å². The molecule has 4 N–H and O–H groups in total. The van der Waals surface area contributed by atoms with Crippen LogP contribution in [0.1, 0.15) is 28.9 Å². The van der Waals surface area contributed by atoms with E-state index in [0.29, 0.717) is 23.3 Å². The van der Waals surface area contributed by atoms with Crippen LogP contribution in [0.25, 0.3) is 10.4 Å². The van der Waals surface area contributed by atoms with Crippen LogP contribution in [0.4, 0.5) is 5.13 Å². The maximum atomic E-state index is 12.9. The number of thiazole rings is 1.